The monoisotopic (exact) mass is 213 g/mol. The second-order valence-corrected chi connectivity index (χ2v) is 2.83. The van der Waals surface area contributed by atoms with Crippen LogP contribution in [0.1, 0.15) is 10.4 Å². The van der Waals surface area contributed by atoms with Crippen molar-refractivity contribution in [2.75, 3.05) is 7.11 Å². The molecule has 1 aromatic rings. The molecule has 1 rings (SSSR count). The van der Waals surface area contributed by atoms with Gasteiger partial charge in [0, 0.05) is 4.47 Å². The summed E-state index contributed by atoms with van der Waals surface area (Å²) in [6, 6.07) is 7.85. The highest BCUT2D eigenvalue weighted by atomic mass is 79.9. The van der Waals surface area contributed by atoms with Crippen molar-refractivity contribution in [3.05, 3.63) is 34.3 Å². The van der Waals surface area contributed by atoms with E-state index in [9.17, 15) is 4.79 Å². The molecule has 0 saturated heterocycles. The van der Waals surface area contributed by atoms with Crippen LogP contribution < -0.4 is 0 Å². The van der Waals surface area contributed by atoms with Gasteiger partial charge in [0.25, 0.3) is 0 Å². The molecule has 1 aromatic carbocycles. The van der Waals surface area contributed by atoms with Crippen molar-refractivity contribution in [2.45, 2.75) is 0 Å². The first-order valence-electron chi connectivity index (χ1n) is 2.99. The zero-order valence-electron chi connectivity index (χ0n) is 5.93. The third-order valence-corrected chi connectivity index (χ3v) is 1.67. The third kappa shape index (κ3) is 2.05. The minimum Gasteiger partial charge on any atom is -0.465 e. The van der Waals surface area contributed by atoms with E-state index in [4.69, 9.17) is 0 Å². The Morgan fingerprint density at radius 2 is 2.36 bits per heavy atom. The molecular weight excluding hydrogens is 208 g/mol. The lowest BCUT2D eigenvalue weighted by Crippen LogP contribution is -2.00. The van der Waals surface area contributed by atoms with E-state index < -0.39 is 0 Å². The Bertz CT molecular complexity index is 253. The maximum Gasteiger partial charge on any atom is 0.338 e. The normalized spacial score (nSPS) is 9.27. The van der Waals surface area contributed by atoms with Crippen molar-refractivity contribution in [1.29, 1.82) is 0 Å². The molecule has 0 atom stereocenters. The summed E-state index contributed by atoms with van der Waals surface area (Å²) in [5, 5.41) is 0. The first-order valence-corrected chi connectivity index (χ1v) is 3.79. The number of methoxy groups -OCH3 is 1. The molecule has 3 heteroatoms. The molecule has 11 heavy (non-hydrogen) atoms. The van der Waals surface area contributed by atoms with Crippen LogP contribution in [0.5, 0.6) is 0 Å². The van der Waals surface area contributed by atoms with E-state index in [1.165, 1.54) is 7.11 Å². The molecular formula is C8H6BrO2. The Labute approximate surface area is 73.3 Å². The highest BCUT2D eigenvalue weighted by Gasteiger charge is 2.02. The zero-order valence-corrected chi connectivity index (χ0v) is 7.51. The maximum atomic E-state index is 10.9. The van der Waals surface area contributed by atoms with Gasteiger partial charge in [-0.3, -0.25) is 0 Å². The van der Waals surface area contributed by atoms with Gasteiger partial charge >= 0.3 is 5.97 Å². The van der Waals surface area contributed by atoms with E-state index in [1.807, 2.05) is 0 Å². The van der Waals surface area contributed by atoms with E-state index in [0.29, 0.717) is 5.56 Å². The Hall–Kier alpha value is -0.830. The van der Waals surface area contributed by atoms with Crippen LogP contribution in [-0.2, 0) is 4.74 Å². The number of ether oxygens (including phenoxy) is 1. The lowest BCUT2D eigenvalue weighted by atomic mass is 10.2. The number of hydrogen-bond acceptors (Lipinski definition) is 2. The molecule has 0 fully saturated rings. The largest absolute Gasteiger partial charge is 0.465 e. The van der Waals surface area contributed by atoms with E-state index in [2.05, 4.69) is 26.7 Å². The molecule has 0 unspecified atom stereocenters. The van der Waals surface area contributed by atoms with Crippen LogP contribution >= 0.6 is 15.9 Å². The fraction of sp³-hybridized carbons (Fsp3) is 0.125. The number of halogens is 1. The second-order valence-electron chi connectivity index (χ2n) is 1.91. The van der Waals surface area contributed by atoms with Crippen molar-refractivity contribution < 1.29 is 9.53 Å². The molecule has 1 radical (unpaired) electrons. The second kappa shape index (κ2) is 3.53. The molecule has 0 aliphatic heterocycles. The molecule has 0 aliphatic carbocycles. The standard InChI is InChI=1S/C8H6BrO2/c1-11-8(10)6-2-4-7(9)5-3-6/h2,4-5H,1H3. The molecule has 0 aromatic heterocycles. The SMILES string of the molecule is COC(=O)c1[c]cc(Br)cc1. The molecule has 0 aliphatic rings. The van der Waals surface area contributed by atoms with Crippen molar-refractivity contribution in [1.82, 2.24) is 0 Å². The first-order chi connectivity index (χ1) is 5.24. The predicted molar refractivity (Wildman–Crippen MR) is 44.3 cm³/mol. The van der Waals surface area contributed by atoms with E-state index in [1.54, 1.807) is 18.2 Å². The van der Waals surface area contributed by atoms with Gasteiger partial charge in [-0.25, -0.2) is 4.79 Å². The molecule has 2 nitrogen and oxygen atoms in total. The van der Waals surface area contributed by atoms with Gasteiger partial charge in [0.05, 0.1) is 12.7 Å². The molecule has 0 heterocycles. The summed E-state index contributed by atoms with van der Waals surface area (Å²) in [6.07, 6.45) is 0. The Balaban J connectivity index is 2.90. The summed E-state index contributed by atoms with van der Waals surface area (Å²) in [4.78, 5) is 10.9. The summed E-state index contributed by atoms with van der Waals surface area (Å²) in [6.45, 7) is 0. The summed E-state index contributed by atoms with van der Waals surface area (Å²) in [5.41, 5.74) is 0.440. The van der Waals surface area contributed by atoms with Gasteiger partial charge in [-0.15, -0.1) is 0 Å². The van der Waals surface area contributed by atoms with Crippen LogP contribution in [0.15, 0.2) is 22.7 Å². The van der Waals surface area contributed by atoms with Crippen LogP contribution in [0.2, 0.25) is 0 Å². The number of hydrogen-bond donors (Lipinski definition) is 0. The first kappa shape index (κ1) is 8.27. The topological polar surface area (TPSA) is 26.3 Å². The molecule has 0 bridgehead atoms. The fourth-order valence-electron chi connectivity index (χ4n) is 0.643. The summed E-state index contributed by atoms with van der Waals surface area (Å²) in [5.74, 6) is -0.363. The van der Waals surface area contributed by atoms with Crippen molar-refractivity contribution in [3.63, 3.8) is 0 Å². The van der Waals surface area contributed by atoms with Crippen molar-refractivity contribution in [2.24, 2.45) is 0 Å². The third-order valence-electron chi connectivity index (χ3n) is 1.18. The highest BCUT2D eigenvalue weighted by molar-refractivity contribution is 9.10. The summed E-state index contributed by atoms with van der Waals surface area (Å²) < 4.78 is 5.38. The van der Waals surface area contributed by atoms with Gasteiger partial charge in [-0.1, -0.05) is 15.9 Å². The Morgan fingerprint density at radius 1 is 1.64 bits per heavy atom. The molecule has 0 spiro atoms. The number of carbonyl (C=O) groups excluding carboxylic acids is 1. The van der Waals surface area contributed by atoms with Crippen LogP contribution in [0, 0.1) is 6.07 Å². The highest BCUT2D eigenvalue weighted by Crippen LogP contribution is 2.10. The van der Waals surface area contributed by atoms with E-state index in [-0.39, 0.29) is 5.97 Å². The van der Waals surface area contributed by atoms with E-state index in [0.717, 1.165) is 4.47 Å². The van der Waals surface area contributed by atoms with Gasteiger partial charge < -0.3 is 4.74 Å². The maximum absolute atomic E-state index is 10.9. The summed E-state index contributed by atoms with van der Waals surface area (Å²) in [7, 11) is 1.35. The lowest BCUT2D eigenvalue weighted by molar-refractivity contribution is 0.0600. The molecule has 0 amide bonds. The number of rotatable bonds is 1. The Kier molecular flexibility index (Phi) is 2.65. The number of benzene rings is 1. The van der Waals surface area contributed by atoms with Gasteiger partial charge in [0.15, 0.2) is 0 Å². The van der Waals surface area contributed by atoms with Crippen molar-refractivity contribution >= 4 is 21.9 Å². The van der Waals surface area contributed by atoms with Crippen LogP contribution in [0.3, 0.4) is 0 Å². The average Bonchev–Trinajstić information content (AvgIpc) is 2.05. The predicted octanol–water partition coefficient (Wildman–Crippen LogP) is 2.04. The number of carbonyl (C=O) groups is 1. The van der Waals surface area contributed by atoms with Crippen LogP contribution in [-0.4, -0.2) is 13.1 Å². The van der Waals surface area contributed by atoms with Gasteiger partial charge in [0.1, 0.15) is 0 Å². The van der Waals surface area contributed by atoms with Gasteiger partial charge in [-0.2, -0.15) is 0 Å². The van der Waals surface area contributed by atoms with Crippen LogP contribution in [0.4, 0.5) is 0 Å². The Morgan fingerprint density at radius 3 is 2.82 bits per heavy atom. The van der Waals surface area contributed by atoms with Gasteiger partial charge in [0.2, 0.25) is 0 Å². The number of esters is 1. The molecule has 57 valence electrons. The zero-order chi connectivity index (χ0) is 8.27. The average molecular weight is 214 g/mol. The fourth-order valence-corrected chi connectivity index (χ4v) is 0.889. The molecule has 0 N–H and O–H groups in total. The minimum absolute atomic E-state index is 0.363. The lowest BCUT2D eigenvalue weighted by Gasteiger charge is -1.96. The summed E-state index contributed by atoms with van der Waals surface area (Å²) >= 11 is 3.23. The smallest absolute Gasteiger partial charge is 0.338 e. The van der Waals surface area contributed by atoms with Crippen LogP contribution in [0.25, 0.3) is 0 Å². The van der Waals surface area contributed by atoms with Gasteiger partial charge in [-0.05, 0) is 24.3 Å². The minimum atomic E-state index is -0.363. The van der Waals surface area contributed by atoms with E-state index >= 15 is 0 Å². The molecule has 0 saturated carbocycles. The quantitative estimate of drug-likeness (QED) is 0.668. The van der Waals surface area contributed by atoms with Crippen molar-refractivity contribution in [3.8, 4) is 0 Å².